The van der Waals surface area contributed by atoms with Crippen molar-refractivity contribution in [2.45, 2.75) is 33.9 Å². The first kappa shape index (κ1) is 20.7. The number of carbonyl (C=O) groups excluding carboxylic acids is 1. The van der Waals surface area contributed by atoms with Crippen LogP contribution in [0.3, 0.4) is 0 Å². The van der Waals surface area contributed by atoms with Crippen LogP contribution in [0.2, 0.25) is 0 Å². The predicted molar refractivity (Wildman–Crippen MR) is 91.8 cm³/mol. The lowest BCUT2D eigenvalue weighted by Crippen LogP contribution is -2.40. The second-order valence-electron chi connectivity index (χ2n) is 5.49. The van der Waals surface area contributed by atoms with Gasteiger partial charge in [-0.1, -0.05) is 24.6 Å². The van der Waals surface area contributed by atoms with Crippen LogP contribution in [-0.2, 0) is 16.1 Å². The molecule has 8 heteroatoms. The molecule has 1 aromatic rings. The van der Waals surface area contributed by atoms with Crippen LogP contribution in [0.1, 0.15) is 25.0 Å². The number of guanidine groups is 1. The van der Waals surface area contributed by atoms with Crippen LogP contribution >= 0.6 is 0 Å². The molecule has 0 saturated heterocycles. The van der Waals surface area contributed by atoms with Crippen LogP contribution in [-0.4, -0.2) is 38.7 Å². The number of nitrogens with one attached hydrogen (secondary N) is 2. The lowest BCUT2D eigenvalue weighted by atomic mass is 10.1. The molecule has 0 amide bonds. The van der Waals surface area contributed by atoms with Crippen molar-refractivity contribution < 1.29 is 23.0 Å². The van der Waals surface area contributed by atoms with E-state index in [1.807, 2.05) is 13.8 Å². The second kappa shape index (κ2) is 10.5. The van der Waals surface area contributed by atoms with Crippen molar-refractivity contribution in [2.24, 2.45) is 10.9 Å². The maximum absolute atomic E-state index is 12.5. The summed E-state index contributed by atoms with van der Waals surface area (Å²) in [6.07, 6.45) is 0. The summed E-state index contributed by atoms with van der Waals surface area (Å²) in [7, 11) is 1.33. The summed E-state index contributed by atoms with van der Waals surface area (Å²) >= 11 is 0. The Bertz CT molecular complexity index is 595. The number of methoxy groups -OCH3 is 1. The van der Waals surface area contributed by atoms with Gasteiger partial charge in [0.15, 0.2) is 5.96 Å². The number of hydrogen-bond acceptors (Lipinski definition) is 4. The zero-order chi connectivity index (χ0) is 18.8. The molecule has 0 fully saturated rings. The molecule has 0 spiro atoms. The highest BCUT2D eigenvalue weighted by atomic mass is 19.3. The van der Waals surface area contributed by atoms with E-state index in [9.17, 15) is 13.6 Å². The van der Waals surface area contributed by atoms with E-state index < -0.39 is 6.61 Å². The lowest BCUT2D eigenvalue weighted by Gasteiger charge is -2.15. The largest absolute Gasteiger partial charge is 0.469 e. The van der Waals surface area contributed by atoms with Gasteiger partial charge >= 0.3 is 12.6 Å². The number of ether oxygens (including phenoxy) is 2. The van der Waals surface area contributed by atoms with Gasteiger partial charge < -0.3 is 20.1 Å². The summed E-state index contributed by atoms with van der Waals surface area (Å²) < 4.78 is 34.2. The minimum atomic E-state index is -2.89. The Labute approximate surface area is 146 Å². The molecular weight excluding hydrogens is 332 g/mol. The first-order chi connectivity index (χ1) is 11.9. The first-order valence-corrected chi connectivity index (χ1v) is 8.01. The minimum absolute atomic E-state index is 0.100. The Morgan fingerprint density at radius 3 is 2.64 bits per heavy atom. The third kappa shape index (κ3) is 7.36. The highest BCUT2D eigenvalue weighted by Gasteiger charge is 2.14. The van der Waals surface area contributed by atoms with Gasteiger partial charge in [0.2, 0.25) is 0 Å². The highest BCUT2D eigenvalue weighted by molar-refractivity contribution is 5.80. The fourth-order valence-electron chi connectivity index (χ4n) is 2.08. The molecule has 1 atom stereocenters. The van der Waals surface area contributed by atoms with Crippen molar-refractivity contribution in [3.8, 4) is 5.75 Å². The quantitative estimate of drug-likeness (QED) is 0.425. The molecule has 25 heavy (non-hydrogen) atoms. The highest BCUT2D eigenvalue weighted by Crippen LogP contribution is 2.22. The van der Waals surface area contributed by atoms with Crippen LogP contribution in [0.5, 0.6) is 5.75 Å². The summed E-state index contributed by atoms with van der Waals surface area (Å²) in [6, 6.07) is 4.96. The lowest BCUT2D eigenvalue weighted by molar-refractivity contribution is -0.144. The third-order valence-electron chi connectivity index (χ3n) is 3.36. The van der Waals surface area contributed by atoms with Crippen molar-refractivity contribution in [3.63, 3.8) is 0 Å². The van der Waals surface area contributed by atoms with E-state index in [1.54, 1.807) is 19.1 Å². The molecular formula is C17H25F2N3O3. The number of carbonyl (C=O) groups is 1. The van der Waals surface area contributed by atoms with E-state index >= 15 is 0 Å². The summed E-state index contributed by atoms with van der Waals surface area (Å²) in [5, 5.41) is 6.07. The van der Waals surface area contributed by atoms with Crippen LogP contribution in [0.4, 0.5) is 8.78 Å². The van der Waals surface area contributed by atoms with Gasteiger partial charge in [-0.3, -0.25) is 4.79 Å². The summed E-state index contributed by atoms with van der Waals surface area (Å²) in [4.78, 5) is 15.8. The van der Waals surface area contributed by atoms with E-state index in [-0.39, 0.29) is 24.2 Å². The Balaban J connectivity index is 2.83. The number of esters is 1. The van der Waals surface area contributed by atoms with E-state index in [2.05, 4.69) is 25.1 Å². The molecule has 0 radical (unpaired) electrons. The molecule has 6 nitrogen and oxygen atoms in total. The fraction of sp³-hybridized carbons (Fsp3) is 0.529. The predicted octanol–water partition coefficient (Wildman–Crippen LogP) is 2.46. The molecule has 1 unspecified atom stereocenters. The second-order valence-corrected chi connectivity index (χ2v) is 5.49. The smallest absolute Gasteiger partial charge is 0.387 e. The van der Waals surface area contributed by atoms with E-state index in [4.69, 9.17) is 0 Å². The Morgan fingerprint density at radius 2 is 2.04 bits per heavy atom. The van der Waals surface area contributed by atoms with Gasteiger partial charge in [0.05, 0.1) is 19.6 Å². The van der Waals surface area contributed by atoms with E-state index in [0.717, 1.165) is 5.56 Å². The van der Waals surface area contributed by atoms with Crippen LogP contribution in [0, 0.1) is 12.8 Å². The Morgan fingerprint density at radius 1 is 1.32 bits per heavy atom. The van der Waals surface area contributed by atoms with Crippen molar-refractivity contribution in [1.82, 2.24) is 10.6 Å². The van der Waals surface area contributed by atoms with Gasteiger partial charge in [-0.2, -0.15) is 8.78 Å². The number of aryl methyl sites for hydroxylation is 1. The summed E-state index contributed by atoms with van der Waals surface area (Å²) in [5.41, 5.74) is 1.47. The molecule has 0 aliphatic heterocycles. The Hall–Kier alpha value is -2.38. The number of aliphatic imine (C=N–C) groups is 1. The third-order valence-corrected chi connectivity index (χ3v) is 3.36. The molecule has 1 rings (SSSR count). The van der Waals surface area contributed by atoms with Gasteiger partial charge in [0.25, 0.3) is 0 Å². The maximum Gasteiger partial charge on any atom is 0.387 e. The van der Waals surface area contributed by atoms with Crippen molar-refractivity contribution in [2.75, 3.05) is 20.2 Å². The number of alkyl halides is 2. The number of halogens is 2. The van der Waals surface area contributed by atoms with Crippen LogP contribution in [0.25, 0.3) is 0 Å². The summed E-state index contributed by atoms with van der Waals surface area (Å²) in [5.74, 6) is -0.0916. The molecule has 0 aliphatic rings. The average molecular weight is 357 g/mol. The van der Waals surface area contributed by atoms with Gasteiger partial charge in [-0.05, 0) is 19.9 Å². The number of nitrogens with zero attached hydrogens (tertiary/aromatic N) is 1. The van der Waals surface area contributed by atoms with Gasteiger partial charge in [-0.15, -0.1) is 0 Å². The zero-order valence-corrected chi connectivity index (χ0v) is 14.9. The molecule has 0 aliphatic carbocycles. The topological polar surface area (TPSA) is 72.0 Å². The molecule has 0 saturated carbocycles. The van der Waals surface area contributed by atoms with Gasteiger partial charge in [0.1, 0.15) is 5.75 Å². The van der Waals surface area contributed by atoms with Crippen molar-refractivity contribution in [3.05, 3.63) is 29.3 Å². The number of hydrogen-bond donors (Lipinski definition) is 2. The SMILES string of the molecule is CCNC(=NCc1cc(C)ccc1OC(F)F)NCC(C)C(=O)OC. The van der Waals surface area contributed by atoms with Crippen LogP contribution < -0.4 is 15.4 Å². The maximum atomic E-state index is 12.5. The number of benzene rings is 1. The molecule has 1 aromatic carbocycles. The normalized spacial score (nSPS) is 12.7. The average Bonchev–Trinajstić information content (AvgIpc) is 2.57. The molecule has 0 bridgehead atoms. The molecule has 140 valence electrons. The summed E-state index contributed by atoms with van der Waals surface area (Å²) in [6.45, 7) is 3.72. The van der Waals surface area contributed by atoms with E-state index in [1.165, 1.54) is 13.2 Å². The molecule has 0 aromatic heterocycles. The van der Waals surface area contributed by atoms with Crippen LogP contribution in [0.15, 0.2) is 23.2 Å². The molecule has 2 N–H and O–H groups in total. The van der Waals surface area contributed by atoms with Gasteiger partial charge in [0, 0.05) is 18.7 Å². The zero-order valence-electron chi connectivity index (χ0n) is 14.9. The van der Waals surface area contributed by atoms with Crippen molar-refractivity contribution in [1.29, 1.82) is 0 Å². The first-order valence-electron chi connectivity index (χ1n) is 8.01. The number of rotatable bonds is 8. The van der Waals surface area contributed by atoms with Gasteiger partial charge in [-0.25, -0.2) is 4.99 Å². The van der Waals surface area contributed by atoms with Crippen molar-refractivity contribution >= 4 is 11.9 Å². The monoisotopic (exact) mass is 357 g/mol. The molecule has 0 heterocycles. The fourth-order valence-corrected chi connectivity index (χ4v) is 2.08. The van der Waals surface area contributed by atoms with E-state index in [0.29, 0.717) is 24.6 Å². The Kier molecular flexibility index (Phi) is 8.66. The standard InChI is InChI=1S/C17H25F2N3O3/c1-5-20-17(21-9-12(3)15(23)24-4)22-10-13-8-11(2)6-7-14(13)25-16(18)19/h6-8,12,16H,5,9-10H2,1-4H3,(H2,20,21,22). The minimum Gasteiger partial charge on any atom is -0.469 e.